The van der Waals surface area contributed by atoms with E-state index in [1.54, 1.807) is 11.8 Å². The predicted molar refractivity (Wildman–Crippen MR) is 96.5 cm³/mol. The Hall–Kier alpha value is -2.05. The highest BCUT2D eigenvalue weighted by atomic mass is 16.6. The Kier molecular flexibility index (Phi) is 4.05. The molecule has 2 amide bonds. The number of fused-ring (bicyclic) bond motifs is 2. The maximum Gasteiger partial charge on any atom is 0.410 e. The zero-order valence-corrected chi connectivity index (χ0v) is 16.5. The highest BCUT2D eigenvalue weighted by molar-refractivity contribution is 5.94. The molecular weight excluding hydrogens is 348 g/mol. The van der Waals surface area contributed by atoms with Crippen LogP contribution in [0.1, 0.15) is 59.8 Å². The van der Waals surface area contributed by atoms with Gasteiger partial charge in [0, 0.05) is 18.6 Å². The van der Waals surface area contributed by atoms with Gasteiger partial charge in [-0.1, -0.05) is 0 Å². The van der Waals surface area contributed by atoms with Crippen LogP contribution in [0.15, 0.2) is 11.3 Å². The minimum absolute atomic E-state index is 0.0547. The second kappa shape index (κ2) is 5.97. The van der Waals surface area contributed by atoms with E-state index in [1.807, 2.05) is 25.7 Å². The van der Waals surface area contributed by atoms with Crippen LogP contribution in [0.3, 0.4) is 0 Å². The summed E-state index contributed by atoms with van der Waals surface area (Å²) in [7, 11) is 0. The van der Waals surface area contributed by atoms with Gasteiger partial charge in [0.2, 0.25) is 5.91 Å². The summed E-state index contributed by atoms with van der Waals surface area (Å²) in [5, 5.41) is 0. The Balaban J connectivity index is 1.52. The maximum absolute atomic E-state index is 13.3. The second-order valence-electron chi connectivity index (χ2n) is 9.32. The van der Waals surface area contributed by atoms with Crippen molar-refractivity contribution in [3.63, 3.8) is 0 Å². The molecule has 3 saturated heterocycles. The zero-order chi connectivity index (χ0) is 19.6. The van der Waals surface area contributed by atoms with Crippen LogP contribution in [0.5, 0.6) is 0 Å². The summed E-state index contributed by atoms with van der Waals surface area (Å²) in [4.78, 5) is 41.3. The number of carbonyl (C=O) groups is 3. The molecule has 1 spiro atoms. The van der Waals surface area contributed by atoms with Gasteiger partial charge in [0.15, 0.2) is 0 Å². The van der Waals surface area contributed by atoms with Crippen LogP contribution in [0.4, 0.5) is 4.79 Å². The SMILES string of the molecule is CC1=C(N2CCC3(C[C@H]4CC[C@@H](C3)N4C(=O)OC(C)(C)C)C2=O)COC1=O. The highest BCUT2D eigenvalue weighted by Gasteiger charge is 2.58. The average Bonchev–Trinajstić information content (AvgIpc) is 3.14. The lowest BCUT2D eigenvalue weighted by Crippen LogP contribution is -2.53. The fourth-order valence-electron chi connectivity index (χ4n) is 5.17. The quantitative estimate of drug-likeness (QED) is 0.658. The van der Waals surface area contributed by atoms with Crippen LogP contribution < -0.4 is 0 Å². The predicted octanol–water partition coefficient (Wildman–Crippen LogP) is 2.60. The van der Waals surface area contributed by atoms with Crippen LogP contribution >= 0.6 is 0 Å². The number of ether oxygens (including phenoxy) is 2. The summed E-state index contributed by atoms with van der Waals surface area (Å²) in [6.45, 7) is 8.14. The summed E-state index contributed by atoms with van der Waals surface area (Å²) in [6, 6.07) is 0.109. The van der Waals surface area contributed by atoms with Gasteiger partial charge in [0.05, 0.1) is 16.7 Å². The van der Waals surface area contributed by atoms with Crippen LogP contribution in [0.2, 0.25) is 0 Å². The molecule has 0 saturated carbocycles. The molecule has 3 atom stereocenters. The Labute approximate surface area is 159 Å². The standard InChI is InChI=1S/C20H28N2O5/c1-12-15(11-26-16(12)23)21-8-7-20(17(21)24)9-13-5-6-14(10-20)22(13)18(25)27-19(2,3)4/h13-14H,5-11H2,1-4H3/t13-,14+,20?. The number of hydrogen-bond acceptors (Lipinski definition) is 5. The number of amides is 2. The number of piperidine rings is 1. The average molecular weight is 376 g/mol. The smallest absolute Gasteiger partial charge is 0.410 e. The normalized spacial score (nSPS) is 33.3. The van der Waals surface area contributed by atoms with Crippen molar-refractivity contribution in [3.8, 4) is 0 Å². The maximum atomic E-state index is 13.3. The third-order valence-electron chi connectivity index (χ3n) is 6.39. The summed E-state index contributed by atoms with van der Waals surface area (Å²) >= 11 is 0. The lowest BCUT2D eigenvalue weighted by molar-refractivity contribution is -0.139. The van der Waals surface area contributed by atoms with Crippen molar-refractivity contribution in [3.05, 3.63) is 11.3 Å². The molecule has 4 rings (SSSR count). The van der Waals surface area contributed by atoms with Gasteiger partial charge in [-0.25, -0.2) is 9.59 Å². The molecule has 4 aliphatic heterocycles. The van der Waals surface area contributed by atoms with E-state index in [0.29, 0.717) is 30.7 Å². The van der Waals surface area contributed by atoms with Gasteiger partial charge in [0.1, 0.15) is 12.2 Å². The number of likely N-dealkylation sites (tertiary alicyclic amines) is 1. The van der Waals surface area contributed by atoms with Crippen molar-refractivity contribution in [1.29, 1.82) is 0 Å². The number of carbonyl (C=O) groups excluding carboxylic acids is 3. The molecule has 3 fully saturated rings. The Morgan fingerprint density at radius 2 is 1.81 bits per heavy atom. The van der Waals surface area contributed by atoms with E-state index >= 15 is 0 Å². The van der Waals surface area contributed by atoms with Gasteiger partial charge >= 0.3 is 12.1 Å². The molecule has 0 aromatic heterocycles. The lowest BCUT2D eigenvalue weighted by atomic mass is 9.73. The molecule has 0 N–H and O–H groups in total. The number of cyclic esters (lactones) is 1. The third-order valence-corrected chi connectivity index (χ3v) is 6.39. The van der Waals surface area contributed by atoms with Crippen molar-refractivity contribution in [2.45, 2.75) is 77.5 Å². The molecule has 0 aromatic carbocycles. The molecule has 0 aliphatic carbocycles. The molecule has 148 valence electrons. The van der Waals surface area contributed by atoms with E-state index in [-0.39, 0.29) is 36.7 Å². The van der Waals surface area contributed by atoms with E-state index in [4.69, 9.17) is 9.47 Å². The van der Waals surface area contributed by atoms with E-state index in [9.17, 15) is 14.4 Å². The minimum Gasteiger partial charge on any atom is -0.456 e. The lowest BCUT2D eigenvalue weighted by Gasteiger charge is -2.43. The zero-order valence-electron chi connectivity index (χ0n) is 16.5. The molecular formula is C20H28N2O5. The molecule has 1 unspecified atom stereocenters. The Morgan fingerprint density at radius 3 is 2.33 bits per heavy atom. The van der Waals surface area contributed by atoms with Crippen molar-refractivity contribution in [1.82, 2.24) is 9.80 Å². The topological polar surface area (TPSA) is 76.2 Å². The van der Waals surface area contributed by atoms with Crippen LogP contribution in [0, 0.1) is 5.41 Å². The molecule has 0 radical (unpaired) electrons. The minimum atomic E-state index is -0.523. The molecule has 27 heavy (non-hydrogen) atoms. The second-order valence-corrected chi connectivity index (χ2v) is 9.32. The van der Waals surface area contributed by atoms with Gasteiger partial charge in [-0.15, -0.1) is 0 Å². The molecule has 4 heterocycles. The number of esters is 1. The number of rotatable bonds is 1. The van der Waals surface area contributed by atoms with Crippen molar-refractivity contribution < 1.29 is 23.9 Å². The molecule has 4 aliphatic rings. The summed E-state index contributed by atoms with van der Waals surface area (Å²) in [5.74, 6) is -0.241. The highest BCUT2D eigenvalue weighted by Crippen LogP contribution is 2.52. The first-order chi connectivity index (χ1) is 12.6. The van der Waals surface area contributed by atoms with E-state index in [0.717, 1.165) is 19.3 Å². The van der Waals surface area contributed by atoms with Gasteiger partial charge in [0.25, 0.3) is 0 Å². The van der Waals surface area contributed by atoms with Crippen LogP contribution in [-0.2, 0) is 19.1 Å². The van der Waals surface area contributed by atoms with E-state index in [2.05, 4.69) is 0 Å². The Bertz CT molecular complexity index is 721. The van der Waals surface area contributed by atoms with Crippen molar-refractivity contribution in [2.75, 3.05) is 13.2 Å². The molecule has 7 nitrogen and oxygen atoms in total. The molecule has 2 bridgehead atoms. The fourth-order valence-corrected chi connectivity index (χ4v) is 5.17. The summed E-state index contributed by atoms with van der Waals surface area (Å²) in [6.07, 6.45) is 3.70. The van der Waals surface area contributed by atoms with Crippen LogP contribution in [0.25, 0.3) is 0 Å². The number of nitrogens with zero attached hydrogens (tertiary/aromatic N) is 2. The number of hydrogen-bond donors (Lipinski definition) is 0. The van der Waals surface area contributed by atoms with Gasteiger partial charge in [-0.05, 0) is 59.8 Å². The van der Waals surface area contributed by atoms with E-state index < -0.39 is 11.0 Å². The monoisotopic (exact) mass is 376 g/mol. The molecule has 0 aromatic rings. The van der Waals surface area contributed by atoms with Gasteiger partial charge < -0.3 is 19.3 Å². The first-order valence-corrected chi connectivity index (χ1v) is 9.81. The first kappa shape index (κ1) is 18.3. The van der Waals surface area contributed by atoms with E-state index in [1.165, 1.54) is 0 Å². The third kappa shape index (κ3) is 2.91. The first-order valence-electron chi connectivity index (χ1n) is 9.81. The van der Waals surface area contributed by atoms with Gasteiger partial charge in [-0.3, -0.25) is 4.79 Å². The summed E-state index contributed by atoms with van der Waals surface area (Å²) < 4.78 is 10.7. The van der Waals surface area contributed by atoms with Gasteiger partial charge in [-0.2, -0.15) is 0 Å². The Morgan fingerprint density at radius 1 is 1.19 bits per heavy atom. The van der Waals surface area contributed by atoms with Crippen molar-refractivity contribution in [2.24, 2.45) is 5.41 Å². The molecule has 7 heteroatoms. The summed E-state index contributed by atoms with van der Waals surface area (Å²) in [5.41, 5.74) is 0.298. The fraction of sp³-hybridized carbons (Fsp3) is 0.750. The van der Waals surface area contributed by atoms with Crippen LogP contribution in [-0.4, -0.2) is 58.6 Å². The van der Waals surface area contributed by atoms with Crippen molar-refractivity contribution >= 4 is 18.0 Å². The largest absolute Gasteiger partial charge is 0.456 e.